The summed E-state index contributed by atoms with van der Waals surface area (Å²) in [5, 5.41) is 9.37. The van der Waals surface area contributed by atoms with Crippen LogP contribution in [0.4, 0.5) is 5.69 Å². The van der Waals surface area contributed by atoms with Crippen LogP contribution >= 0.6 is 11.6 Å². The van der Waals surface area contributed by atoms with E-state index in [1.165, 1.54) is 7.11 Å². The predicted octanol–water partition coefficient (Wildman–Crippen LogP) is 3.59. The molecule has 0 aromatic heterocycles. The number of nitrogen functional groups attached to an aromatic ring is 1. The first kappa shape index (κ1) is 13.1. The highest BCUT2D eigenvalue weighted by Gasteiger charge is 2.09. The van der Waals surface area contributed by atoms with Crippen molar-refractivity contribution in [2.24, 2.45) is 0 Å². The van der Waals surface area contributed by atoms with Crippen molar-refractivity contribution in [1.29, 1.82) is 5.26 Å². The number of hydrogen-bond donors (Lipinski definition) is 1. The lowest BCUT2D eigenvalue weighted by molar-refractivity contribution is 0.379. The molecule has 2 aromatic rings. The lowest BCUT2D eigenvalue weighted by Gasteiger charge is -2.12. The summed E-state index contributed by atoms with van der Waals surface area (Å²) in [6, 6.07) is 11.9. The number of nitrogens with two attached hydrogens (primary N) is 1. The van der Waals surface area contributed by atoms with Gasteiger partial charge >= 0.3 is 0 Å². The van der Waals surface area contributed by atoms with E-state index in [0.717, 1.165) is 0 Å². The minimum Gasteiger partial charge on any atom is -0.493 e. The second kappa shape index (κ2) is 5.51. The zero-order valence-electron chi connectivity index (χ0n) is 10.2. The van der Waals surface area contributed by atoms with Gasteiger partial charge in [0.1, 0.15) is 0 Å². The van der Waals surface area contributed by atoms with Crippen LogP contribution in [-0.2, 0) is 0 Å². The van der Waals surface area contributed by atoms with Crippen molar-refractivity contribution in [2.75, 3.05) is 12.8 Å². The Hall–Kier alpha value is -2.38. The third-order valence-electron chi connectivity index (χ3n) is 2.48. The van der Waals surface area contributed by atoms with E-state index in [4.69, 9.17) is 32.1 Å². The second-order valence-corrected chi connectivity index (χ2v) is 4.20. The molecule has 0 amide bonds. The fourth-order valence-electron chi connectivity index (χ4n) is 1.55. The van der Waals surface area contributed by atoms with E-state index in [1.807, 2.05) is 6.07 Å². The lowest BCUT2D eigenvalue weighted by Crippen LogP contribution is -1.94. The normalized spacial score (nSPS) is 9.74. The van der Waals surface area contributed by atoms with Gasteiger partial charge < -0.3 is 15.2 Å². The summed E-state index contributed by atoms with van der Waals surface area (Å²) in [7, 11) is 1.51. The summed E-state index contributed by atoms with van der Waals surface area (Å²) >= 11 is 5.82. The Morgan fingerprint density at radius 3 is 2.47 bits per heavy atom. The average Bonchev–Trinajstić information content (AvgIpc) is 2.42. The van der Waals surface area contributed by atoms with Crippen molar-refractivity contribution in [3.63, 3.8) is 0 Å². The first-order chi connectivity index (χ1) is 9.13. The fraction of sp³-hybridized carbons (Fsp3) is 0.0714. The molecule has 2 N–H and O–H groups in total. The minimum absolute atomic E-state index is 0.430. The molecular weight excluding hydrogens is 264 g/mol. The molecule has 4 nitrogen and oxygen atoms in total. The standard InChI is InChI=1S/C14H11ClN2O2/c1-18-14-6-9(8-16)2-4-13(14)19-12-5-3-10(15)7-11(12)17/h2-7H,17H2,1H3. The molecule has 0 spiro atoms. The number of ether oxygens (including phenoxy) is 2. The quantitative estimate of drug-likeness (QED) is 0.869. The summed E-state index contributed by atoms with van der Waals surface area (Å²) in [4.78, 5) is 0. The largest absolute Gasteiger partial charge is 0.493 e. The molecule has 0 aliphatic rings. The molecule has 96 valence electrons. The van der Waals surface area contributed by atoms with E-state index in [-0.39, 0.29) is 0 Å². The molecule has 0 aliphatic carbocycles. The Morgan fingerprint density at radius 1 is 1.11 bits per heavy atom. The molecule has 19 heavy (non-hydrogen) atoms. The third kappa shape index (κ3) is 2.90. The highest BCUT2D eigenvalue weighted by molar-refractivity contribution is 6.30. The van der Waals surface area contributed by atoms with E-state index in [9.17, 15) is 0 Å². The van der Waals surface area contributed by atoms with Crippen molar-refractivity contribution in [1.82, 2.24) is 0 Å². The van der Waals surface area contributed by atoms with Crippen LogP contribution < -0.4 is 15.2 Å². The lowest BCUT2D eigenvalue weighted by atomic mass is 10.2. The van der Waals surface area contributed by atoms with Crippen LogP contribution in [0.5, 0.6) is 17.2 Å². The molecule has 0 saturated carbocycles. The summed E-state index contributed by atoms with van der Waals surface area (Å²) in [5.41, 5.74) is 6.74. The van der Waals surface area contributed by atoms with Crippen LogP contribution in [0.3, 0.4) is 0 Å². The monoisotopic (exact) mass is 274 g/mol. The number of nitriles is 1. The Balaban J connectivity index is 2.35. The summed E-state index contributed by atoms with van der Waals surface area (Å²) in [5.74, 6) is 1.43. The molecule has 0 unspecified atom stereocenters. The smallest absolute Gasteiger partial charge is 0.169 e. The Kier molecular flexibility index (Phi) is 3.79. The van der Waals surface area contributed by atoms with Crippen molar-refractivity contribution in [3.05, 3.63) is 47.0 Å². The van der Waals surface area contributed by atoms with Crippen LogP contribution in [0, 0.1) is 11.3 Å². The van der Waals surface area contributed by atoms with Gasteiger partial charge in [0, 0.05) is 11.1 Å². The number of nitrogens with zero attached hydrogens (tertiary/aromatic N) is 1. The van der Waals surface area contributed by atoms with Crippen molar-refractivity contribution >= 4 is 17.3 Å². The molecule has 0 bridgehead atoms. The van der Waals surface area contributed by atoms with Crippen molar-refractivity contribution < 1.29 is 9.47 Å². The van der Waals surface area contributed by atoms with Gasteiger partial charge in [-0.15, -0.1) is 0 Å². The molecule has 0 fully saturated rings. The van der Waals surface area contributed by atoms with Gasteiger partial charge in [-0.1, -0.05) is 11.6 Å². The minimum atomic E-state index is 0.430. The molecule has 0 heterocycles. The van der Waals surface area contributed by atoms with Crippen LogP contribution in [0.2, 0.25) is 5.02 Å². The van der Waals surface area contributed by atoms with E-state index >= 15 is 0 Å². The molecular formula is C14H11ClN2O2. The highest BCUT2D eigenvalue weighted by atomic mass is 35.5. The van der Waals surface area contributed by atoms with E-state index < -0.39 is 0 Å². The Bertz CT molecular complexity index is 650. The second-order valence-electron chi connectivity index (χ2n) is 3.76. The van der Waals surface area contributed by atoms with Gasteiger partial charge in [0.2, 0.25) is 0 Å². The molecule has 2 aromatic carbocycles. The molecule has 5 heteroatoms. The number of anilines is 1. The fourth-order valence-corrected chi connectivity index (χ4v) is 1.73. The summed E-state index contributed by atoms with van der Waals surface area (Å²) in [6.07, 6.45) is 0. The number of benzene rings is 2. The maximum atomic E-state index is 8.83. The third-order valence-corrected chi connectivity index (χ3v) is 2.72. The van der Waals surface area contributed by atoms with Crippen LogP contribution in [0.25, 0.3) is 0 Å². The van der Waals surface area contributed by atoms with Crippen molar-refractivity contribution in [2.45, 2.75) is 0 Å². The summed E-state index contributed by atoms with van der Waals surface area (Å²) < 4.78 is 10.8. The zero-order valence-corrected chi connectivity index (χ0v) is 10.9. The first-order valence-corrected chi connectivity index (χ1v) is 5.83. The van der Waals surface area contributed by atoms with Gasteiger partial charge in [-0.2, -0.15) is 5.26 Å². The Morgan fingerprint density at radius 2 is 1.84 bits per heavy atom. The average molecular weight is 275 g/mol. The van der Waals surface area contributed by atoms with Gasteiger partial charge in [-0.05, 0) is 30.3 Å². The Labute approximate surface area is 115 Å². The van der Waals surface area contributed by atoms with Gasteiger partial charge in [0.25, 0.3) is 0 Å². The zero-order chi connectivity index (χ0) is 13.8. The molecule has 0 aliphatic heterocycles. The van der Waals surface area contributed by atoms with E-state index in [1.54, 1.807) is 36.4 Å². The molecule has 0 saturated heterocycles. The summed E-state index contributed by atoms with van der Waals surface area (Å²) in [6.45, 7) is 0. The molecule has 0 atom stereocenters. The van der Waals surface area contributed by atoms with Crippen LogP contribution in [0.1, 0.15) is 5.56 Å². The maximum Gasteiger partial charge on any atom is 0.169 e. The molecule has 2 rings (SSSR count). The van der Waals surface area contributed by atoms with Crippen molar-refractivity contribution in [3.8, 4) is 23.3 Å². The predicted molar refractivity (Wildman–Crippen MR) is 73.6 cm³/mol. The number of methoxy groups -OCH3 is 1. The van der Waals surface area contributed by atoms with Gasteiger partial charge in [0.15, 0.2) is 17.2 Å². The van der Waals surface area contributed by atoms with Crippen LogP contribution in [0.15, 0.2) is 36.4 Å². The SMILES string of the molecule is COc1cc(C#N)ccc1Oc1ccc(Cl)cc1N. The topological polar surface area (TPSA) is 68.3 Å². The molecule has 0 radical (unpaired) electrons. The maximum absolute atomic E-state index is 8.83. The first-order valence-electron chi connectivity index (χ1n) is 5.45. The number of halogens is 1. The van der Waals surface area contributed by atoms with Gasteiger partial charge in [-0.25, -0.2) is 0 Å². The highest BCUT2D eigenvalue weighted by Crippen LogP contribution is 2.35. The number of rotatable bonds is 3. The van der Waals surface area contributed by atoms with Gasteiger partial charge in [0.05, 0.1) is 24.4 Å². The van der Waals surface area contributed by atoms with E-state index in [0.29, 0.717) is 33.5 Å². The van der Waals surface area contributed by atoms with E-state index in [2.05, 4.69) is 0 Å². The van der Waals surface area contributed by atoms with Gasteiger partial charge in [-0.3, -0.25) is 0 Å². The number of hydrogen-bond acceptors (Lipinski definition) is 4. The van der Waals surface area contributed by atoms with Crippen LogP contribution in [-0.4, -0.2) is 7.11 Å².